The van der Waals surface area contributed by atoms with Crippen LogP contribution in [0.5, 0.6) is 0 Å². The molecular weight excluding hydrogens is 254 g/mol. The maximum Gasteiger partial charge on any atom is 0.253 e. The fourth-order valence-electron chi connectivity index (χ4n) is 3.04. The number of carbonyl (C=O) groups excluding carboxylic acids is 1. The first kappa shape index (κ1) is 13.1. The maximum absolute atomic E-state index is 12.3. The summed E-state index contributed by atoms with van der Waals surface area (Å²) in [6.45, 7) is 0.192. The molecule has 20 heavy (non-hydrogen) atoms. The highest BCUT2D eigenvalue weighted by Gasteiger charge is 2.28. The van der Waals surface area contributed by atoms with Crippen molar-refractivity contribution < 1.29 is 9.90 Å². The molecule has 5 heteroatoms. The fraction of sp³-hybridized carbons (Fsp3) is 0.467. The van der Waals surface area contributed by atoms with Crippen molar-refractivity contribution in [3.63, 3.8) is 0 Å². The lowest BCUT2D eigenvalue weighted by molar-refractivity contribution is 0.0922. The lowest BCUT2D eigenvalue weighted by Gasteiger charge is -2.20. The number of amides is 1. The normalized spacial score (nSPS) is 22.2. The highest BCUT2D eigenvalue weighted by atomic mass is 16.3. The van der Waals surface area contributed by atoms with E-state index in [0.717, 1.165) is 31.3 Å². The summed E-state index contributed by atoms with van der Waals surface area (Å²) >= 11 is 0. The number of fused-ring (bicyclic) bond motifs is 1. The molecule has 0 aliphatic heterocycles. The van der Waals surface area contributed by atoms with Crippen LogP contribution in [0.2, 0.25) is 0 Å². The summed E-state index contributed by atoms with van der Waals surface area (Å²) in [5.74, 6) is 0.358. The van der Waals surface area contributed by atoms with Crippen LogP contribution in [-0.2, 0) is 0 Å². The van der Waals surface area contributed by atoms with Gasteiger partial charge in [0.15, 0.2) is 0 Å². The molecule has 0 bridgehead atoms. The van der Waals surface area contributed by atoms with E-state index in [1.807, 2.05) is 16.7 Å². The number of aromatic nitrogens is 2. The Hall–Kier alpha value is -1.88. The summed E-state index contributed by atoms with van der Waals surface area (Å²) < 4.78 is 1.84. The molecule has 106 valence electrons. The summed E-state index contributed by atoms with van der Waals surface area (Å²) in [5.41, 5.74) is 1.48. The zero-order valence-electron chi connectivity index (χ0n) is 11.3. The second-order valence-electron chi connectivity index (χ2n) is 5.39. The van der Waals surface area contributed by atoms with Gasteiger partial charge in [-0.05, 0) is 37.3 Å². The number of nitrogens with one attached hydrogen (secondary N) is 1. The van der Waals surface area contributed by atoms with E-state index in [4.69, 9.17) is 5.11 Å². The molecule has 1 saturated carbocycles. The second kappa shape index (κ2) is 5.63. The zero-order valence-corrected chi connectivity index (χ0v) is 11.3. The van der Waals surface area contributed by atoms with E-state index in [-0.39, 0.29) is 18.6 Å². The molecule has 0 spiro atoms. The fourth-order valence-corrected chi connectivity index (χ4v) is 3.04. The van der Waals surface area contributed by atoms with Crippen LogP contribution in [0.25, 0.3) is 5.65 Å². The van der Waals surface area contributed by atoms with Crippen molar-refractivity contribution in [1.29, 1.82) is 0 Å². The Bertz CT molecular complexity index is 608. The van der Waals surface area contributed by atoms with Gasteiger partial charge in [0.1, 0.15) is 5.65 Å². The maximum atomic E-state index is 12.3. The third-order valence-corrected chi connectivity index (χ3v) is 4.13. The first-order valence-electron chi connectivity index (χ1n) is 7.12. The number of hydrogen-bond donors (Lipinski definition) is 2. The third-order valence-electron chi connectivity index (χ3n) is 4.13. The SMILES string of the molecule is O=C(NC1CCCC1CCO)c1ccc2nccn2c1. The minimum Gasteiger partial charge on any atom is -0.396 e. The largest absolute Gasteiger partial charge is 0.396 e. The van der Waals surface area contributed by atoms with Crippen LogP contribution < -0.4 is 5.32 Å². The highest BCUT2D eigenvalue weighted by molar-refractivity contribution is 5.94. The Morgan fingerprint density at radius 3 is 3.20 bits per heavy atom. The van der Waals surface area contributed by atoms with E-state index in [1.165, 1.54) is 0 Å². The smallest absolute Gasteiger partial charge is 0.253 e. The Kier molecular flexibility index (Phi) is 3.69. The van der Waals surface area contributed by atoms with Crippen molar-refractivity contribution in [3.05, 3.63) is 36.3 Å². The van der Waals surface area contributed by atoms with Gasteiger partial charge in [-0.3, -0.25) is 4.79 Å². The number of nitrogens with zero attached hydrogens (tertiary/aromatic N) is 2. The predicted octanol–water partition coefficient (Wildman–Crippen LogP) is 1.62. The molecule has 1 aliphatic rings. The number of aliphatic hydroxyl groups is 1. The quantitative estimate of drug-likeness (QED) is 0.889. The number of imidazole rings is 1. The number of carbonyl (C=O) groups is 1. The van der Waals surface area contributed by atoms with Gasteiger partial charge in [-0.2, -0.15) is 0 Å². The number of pyridine rings is 1. The van der Waals surface area contributed by atoms with Crippen LogP contribution in [0.4, 0.5) is 0 Å². The molecule has 2 aromatic rings. The molecule has 1 fully saturated rings. The summed E-state index contributed by atoms with van der Waals surface area (Å²) in [7, 11) is 0. The van der Waals surface area contributed by atoms with Gasteiger partial charge < -0.3 is 14.8 Å². The minimum absolute atomic E-state index is 0.0459. The topological polar surface area (TPSA) is 66.6 Å². The van der Waals surface area contributed by atoms with Gasteiger partial charge in [-0.25, -0.2) is 4.98 Å². The molecule has 1 aliphatic carbocycles. The zero-order chi connectivity index (χ0) is 13.9. The van der Waals surface area contributed by atoms with Gasteiger partial charge in [-0.1, -0.05) is 6.42 Å². The lowest BCUT2D eigenvalue weighted by Crippen LogP contribution is -2.37. The predicted molar refractivity (Wildman–Crippen MR) is 75.5 cm³/mol. The average Bonchev–Trinajstić information content (AvgIpc) is 3.07. The van der Waals surface area contributed by atoms with Crippen molar-refractivity contribution in [2.24, 2.45) is 5.92 Å². The molecule has 0 radical (unpaired) electrons. The average molecular weight is 273 g/mol. The van der Waals surface area contributed by atoms with Gasteiger partial charge in [0.2, 0.25) is 0 Å². The Labute approximate surface area is 117 Å². The Morgan fingerprint density at radius 1 is 1.45 bits per heavy atom. The molecule has 0 aromatic carbocycles. The monoisotopic (exact) mass is 273 g/mol. The molecule has 2 heterocycles. The number of rotatable bonds is 4. The standard InChI is InChI=1S/C15H19N3O2/c19-9-6-11-2-1-3-13(11)17-15(20)12-4-5-14-16-7-8-18(14)10-12/h4-5,7-8,10-11,13,19H,1-3,6,9H2,(H,17,20). The molecule has 5 nitrogen and oxygen atoms in total. The van der Waals surface area contributed by atoms with Gasteiger partial charge >= 0.3 is 0 Å². The van der Waals surface area contributed by atoms with Crippen LogP contribution in [0.1, 0.15) is 36.0 Å². The van der Waals surface area contributed by atoms with Crippen molar-refractivity contribution in [2.45, 2.75) is 31.7 Å². The summed E-state index contributed by atoms with van der Waals surface area (Å²) in [6.07, 6.45) is 9.33. The first-order chi connectivity index (χ1) is 9.78. The van der Waals surface area contributed by atoms with E-state index < -0.39 is 0 Å². The highest BCUT2D eigenvalue weighted by Crippen LogP contribution is 2.28. The Balaban J connectivity index is 1.72. The van der Waals surface area contributed by atoms with Crippen molar-refractivity contribution >= 4 is 11.6 Å². The molecular formula is C15H19N3O2. The van der Waals surface area contributed by atoms with E-state index in [1.54, 1.807) is 18.5 Å². The lowest BCUT2D eigenvalue weighted by atomic mass is 10.00. The van der Waals surface area contributed by atoms with Gasteiger partial charge in [0.05, 0.1) is 5.56 Å². The molecule has 1 amide bonds. The molecule has 2 N–H and O–H groups in total. The molecule has 0 saturated heterocycles. The van der Waals surface area contributed by atoms with Crippen molar-refractivity contribution in [1.82, 2.24) is 14.7 Å². The number of hydrogen-bond acceptors (Lipinski definition) is 3. The molecule has 2 atom stereocenters. The van der Waals surface area contributed by atoms with Gasteiger partial charge in [-0.15, -0.1) is 0 Å². The van der Waals surface area contributed by atoms with Crippen LogP contribution in [0.3, 0.4) is 0 Å². The van der Waals surface area contributed by atoms with Crippen molar-refractivity contribution in [2.75, 3.05) is 6.61 Å². The van der Waals surface area contributed by atoms with Crippen LogP contribution in [0, 0.1) is 5.92 Å². The van der Waals surface area contributed by atoms with Crippen LogP contribution in [-0.4, -0.2) is 33.0 Å². The van der Waals surface area contributed by atoms with E-state index in [0.29, 0.717) is 11.5 Å². The number of aliphatic hydroxyl groups excluding tert-OH is 1. The third kappa shape index (κ3) is 2.54. The Morgan fingerprint density at radius 2 is 2.35 bits per heavy atom. The van der Waals surface area contributed by atoms with E-state index in [2.05, 4.69) is 10.3 Å². The minimum atomic E-state index is -0.0459. The van der Waals surface area contributed by atoms with Crippen molar-refractivity contribution in [3.8, 4) is 0 Å². The second-order valence-corrected chi connectivity index (χ2v) is 5.39. The summed E-state index contributed by atoms with van der Waals surface area (Å²) in [4.78, 5) is 16.5. The first-order valence-corrected chi connectivity index (χ1v) is 7.12. The molecule has 3 rings (SSSR count). The molecule has 2 unspecified atom stereocenters. The van der Waals surface area contributed by atoms with Crippen LogP contribution >= 0.6 is 0 Å². The summed E-state index contributed by atoms with van der Waals surface area (Å²) in [5, 5.41) is 12.2. The van der Waals surface area contributed by atoms with Crippen LogP contribution in [0.15, 0.2) is 30.7 Å². The van der Waals surface area contributed by atoms with E-state index >= 15 is 0 Å². The molecule has 2 aromatic heterocycles. The van der Waals surface area contributed by atoms with E-state index in [9.17, 15) is 4.79 Å². The van der Waals surface area contributed by atoms with Gasteiger partial charge in [0.25, 0.3) is 5.91 Å². The summed E-state index contributed by atoms with van der Waals surface area (Å²) in [6, 6.07) is 3.83. The van der Waals surface area contributed by atoms with Gasteiger partial charge in [0, 0.05) is 31.2 Å².